The van der Waals surface area contributed by atoms with Gasteiger partial charge in [0.15, 0.2) is 5.82 Å². The van der Waals surface area contributed by atoms with Crippen LogP contribution in [-0.4, -0.2) is 25.8 Å². The van der Waals surface area contributed by atoms with Crippen LogP contribution < -0.4 is 16.4 Å². The molecule has 0 atom stereocenters. The number of aromatic nitrogens is 4. The Morgan fingerprint density at radius 2 is 0.740 bits per heavy atom. The van der Waals surface area contributed by atoms with E-state index in [-0.39, 0.29) is 6.71 Å². The lowest BCUT2D eigenvalue weighted by Gasteiger charge is -2.34. The Labute approximate surface area is 421 Å². The van der Waals surface area contributed by atoms with Crippen molar-refractivity contribution in [2.75, 3.05) is 0 Å². The van der Waals surface area contributed by atoms with Crippen LogP contribution in [0, 0.1) is 0 Å². The lowest BCUT2D eigenvalue weighted by molar-refractivity contribution is 1.14. The molecule has 0 amide bonds. The molecule has 0 unspecified atom stereocenters. The van der Waals surface area contributed by atoms with Gasteiger partial charge in [-0.2, -0.15) is 0 Å². The molecule has 3 aromatic heterocycles. The number of fused-ring (bicyclic) bond motifs is 11. The summed E-state index contributed by atoms with van der Waals surface area (Å²) >= 11 is 0. The monoisotopic (exact) mass is 924 g/mol. The molecule has 5 heterocycles. The highest BCUT2D eigenvalue weighted by molar-refractivity contribution is 7.00. The number of benzene rings is 11. The first kappa shape index (κ1) is 40.2. The maximum absolute atomic E-state index is 5.57. The van der Waals surface area contributed by atoms with Crippen molar-refractivity contribution in [2.24, 2.45) is 0 Å². The molecule has 0 saturated heterocycles. The molecule has 0 bridgehead atoms. The molecule has 0 spiro atoms. The number of rotatable bonds is 6. The van der Waals surface area contributed by atoms with E-state index in [9.17, 15) is 0 Å². The van der Waals surface area contributed by atoms with Gasteiger partial charge in [-0.15, -0.1) is 0 Å². The van der Waals surface area contributed by atoms with E-state index < -0.39 is 0 Å². The van der Waals surface area contributed by atoms with Crippen LogP contribution in [0.1, 0.15) is 0 Å². The minimum atomic E-state index is -0.0513. The summed E-state index contributed by atoms with van der Waals surface area (Å²) in [6.45, 7) is -0.0513. The van der Waals surface area contributed by atoms with Crippen LogP contribution >= 0.6 is 0 Å². The summed E-state index contributed by atoms with van der Waals surface area (Å²) in [5, 5.41) is 6.02. The zero-order valence-electron chi connectivity index (χ0n) is 39.5. The van der Waals surface area contributed by atoms with E-state index in [0.717, 1.165) is 39.1 Å². The third kappa shape index (κ3) is 5.85. The first-order valence-corrected chi connectivity index (χ1v) is 25.2. The van der Waals surface area contributed by atoms with Crippen molar-refractivity contribution < 1.29 is 0 Å². The van der Waals surface area contributed by atoms with Crippen molar-refractivity contribution in [3.63, 3.8) is 0 Å². The number of para-hydroxylation sites is 3. The van der Waals surface area contributed by atoms with Crippen LogP contribution in [0.4, 0.5) is 0 Å². The molecule has 4 nitrogen and oxygen atoms in total. The van der Waals surface area contributed by atoms with Gasteiger partial charge in [-0.25, -0.2) is 9.97 Å². The molecule has 0 radical (unpaired) electrons. The highest BCUT2D eigenvalue weighted by Gasteiger charge is 2.42. The lowest BCUT2D eigenvalue weighted by atomic mass is 9.34. The van der Waals surface area contributed by atoms with Crippen molar-refractivity contribution in [1.29, 1.82) is 0 Å². The van der Waals surface area contributed by atoms with Gasteiger partial charge >= 0.3 is 0 Å². The molecule has 0 saturated carbocycles. The Hall–Kier alpha value is -9.58. The number of nitrogens with zero attached hydrogens (tertiary/aromatic N) is 4. The Morgan fingerprint density at radius 1 is 0.315 bits per heavy atom. The maximum Gasteiger partial charge on any atom is 0.252 e. The van der Waals surface area contributed by atoms with Crippen molar-refractivity contribution >= 4 is 77.6 Å². The number of hydrogen-bond acceptors (Lipinski definition) is 2. The second kappa shape index (κ2) is 15.5. The Balaban J connectivity index is 1.10. The quantitative estimate of drug-likeness (QED) is 0.156. The van der Waals surface area contributed by atoms with E-state index in [2.05, 4.69) is 258 Å². The summed E-state index contributed by atoms with van der Waals surface area (Å²) in [7, 11) is 0. The molecule has 2 aliphatic heterocycles. The Morgan fingerprint density at radius 3 is 1.23 bits per heavy atom. The molecule has 73 heavy (non-hydrogen) atoms. The molecule has 16 rings (SSSR count). The van der Waals surface area contributed by atoms with Gasteiger partial charge in [-0.05, 0) is 103 Å². The van der Waals surface area contributed by atoms with Crippen LogP contribution in [0.2, 0.25) is 0 Å². The number of hydrogen-bond donors (Lipinski definition) is 0. The summed E-state index contributed by atoms with van der Waals surface area (Å²) in [5.41, 5.74) is 24.5. The standard InChI is InChI=1S/C68H41BN4/c1-6-20-42(21-7-1)47-36-53(44-24-10-3-11-25-44)62-51-31-18-33-55-66(51)72(58(62)38-47)60-40-49(65-50-30-16-17-35-57(50)70-68(71-65)46-28-14-5-15-29-46)41-61-64(60)69(55)56-34-19-32-52-63-54(45-26-12-4-13-27-45)37-48(43-22-8-2-9-23-43)39-59(63)73(61)67(52)56/h1-41H. The van der Waals surface area contributed by atoms with E-state index in [4.69, 9.17) is 9.97 Å². The smallest absolute Gasteiger partial charge is 0.252 e. The van der Waals surface area contributed by atoms with E-state index in [0.29, 0.717) is 5.82 Å². The molecule has 2 aliphatic rings. The Kier molecular flexibility index (Phi) is 8.51. The molecular formula is C68H41BN4. The lowest BCUT2D eigenvalue weighted by Crippen LogP contribution is -2.59. The minimum Gasteiger partial charge on any atom is -0.310 e. The van der Waals surface area contributed by atoms with Gasteiger partial charge in [0.25, 0.3) is 6.71 Å². The zero-order chi connectivity index (χ0) is 47.7. The van der Waals surface area contributed by atoms with Gasteiger partial charge in [-0.1, -0.05) is 206 Å². The zero-order valence-corrected chi connectivity index (χ0v) is 39.5. The third-order valence-electron chi connectivity index (χ3n) is 15.7. The first-order valence-electron chi connectivity index (χ1n) is 25.2. The molecular weight excluding hydrogens is 884 g/mol. The van der Waals surface area contributed by atoms with Crippen LogP contribution in [0.3, 0.4) is 0 Å². The van der Waals surface area contributed by atoms with Gasteiger partial charge in [0.2, 0.25) is 0 Å². The fourth-order valence-electron chi connectivity index (χ4n) is 12.6. The maximum atomic E-state index is 5.57. The van der Waals surface area contributed by atoms with E-state index in [1.807, 2.05) is 0 Å². The van der Waals surface area contributed by atoms with Crippen molar-refractivity contribution in [2.45, 2.75) is 0 Å². The average Bonchev–Trinajstić information content (AvgIpc) is 4.02. The van der Waals surface area contributed by atoms with Crippen molar-refractivity contribution in [3.8, 4) is 78.5 Å². The molecule has 0 fully saturated rings. The van der Waals surface area contributed by atoms with Gasteiger partial charge in [-0.3, -0.25) is 0 Å². The normalized spacial score (nSPS) is 12.4. The van der Waals surface area contributed by atoms with Gasteiger partial charge in [0.05, 0.1) is 22.2 Å². The van der Waals surface area contributed by atoms with Crippen molar-refractivity contribution in [3.05, 3.63) is 249 Å². The SMILES string of the molecule is c1ccc(-c2cc(-c3ccccc3)c3c4cccc5c4n(c3c2)-c2cc(-c3nc(-c4ccccc4)nc4ccccc34)cc3c2B5c2cccc4c5c(-c6ccccc6)cc(-c6ccccc6)cc5n-3c24)cc1. The highest BCUT2D eigenvalue weighted by Crippen LogP contribution is 2.47. The average molecular weight is 925 g/mol. The van der Waals surface area contributed by atoms with Gasteiger partial charge < -0.3 is 9.13 Å². The van der Waals surface area contributed by atoms with E-state index >= 15 is 0 Å². The fraction of sp³-hybridized carbons (Fsp3) is 0. The summed E-state index contributed by atoms with van der Waals surface area (Å²) < 4.78 is 5.22. The highest BCUT2D eigenvalue weighted by atomic mass is 15.0. The molecule has 11 aromatic carbocycles. The molecule has 0 N–H and O–H groups in total. The summed E-state index contributed by atoms with van der Waals surface area (Å²) in [4.78, 5) is 10.8. The van der Waals surface area contributed by atoms with Crippen LogP contribution in [0.25, 0.3) is 133 Å². The Bertz CT molecular complexity index is 4350. The molecule has 5 heteroatoms. The summed E-state index contributed by atoms with van der Waals surface area (Å²) in [6, 6.07) is 91.2. The van der Waals surface area contributed by atoms with Crippen LogP contribution in [0.15, 0.2) is 249 Å². The summed E-state index contributed by atoms with van der Waals surface area (Å²) in [6.07, 6.45) is 0. The predicted octanol–water partition coefficient (Wildman–Crippen LogP) is 15.0. The fourth-order valence-corrected chi connectivity index (χ4v) is 12.6. The van der Waals surface area contributed by atoms with Crippen LogP contribution in [-0.2, 0) is 0 Å². The largest absolute Gasteiger partial charge is 0.310 e. The van der Waals surface area contributed by atoms with E-state index in [1.54, 1.807) is 0 Å². The first-order chi connectivity index (χ1) is 36.2. The van der Waals surface area contributed by atoms with E-state index in [1.165, 1.54) is 105 Å². The summed E-state index contributed by atoms with van der Waals surface area (Å²) in [5.74, 6) is 0.705. The second-order valence-corrected chi connectivity index (χ2v) is 19.6. The van der Waals surface area contributed by atoms with Gasteiger partial charge in [0.1, 0.15) is 0 Å². The molecule has 14 aromatic rings. The van der Waals surface area contributed by atoms with Gasteiger partial charge in [0, 0.05) is 60.5 Å². The topological polar surface area (TPSA) is 35.6 Å². The third-order valence-corrected chi connectivity index (χ3v) is 15.7. The predicted molar refractivity (Wildman–Crippen MR) is 305 cm³/mol. The van der Waals surface area contributed by atoms with Crippen molar-refractivity contribution in [1.82, 2.24) is 19.1 Å². The molecule has 336 valence electrons. The minimum absolute atomic E-state index is 0.0513. The molecule has 0 aliphatic carbocycles. The van der Waals surface area contributed by atoms with Crippen LogP contribution in [0.5, 0.6) is 0 Å². The second-order valence-electron chi connectivity index (χ2n) is 19.6.